The normalized spacial score (nSPS) is 20.4. The number of ether oxygens (including phenoxy) is 1. The molecule has 1 saturated heterocycles. The third-order valence-corrected chi connectivity index (χ3v) is 7.53. The summed E-state index contributed by atoms with van der Waals surface area (Å²) in [6, 6.07) is 13.8. The van der Waals surface area contributed by atoms with Crippen LogP contribution in [0.25, 0.3) is 0 Å². The van der Waals surface area contributed by atoms with E-state index in [-0.39, 0.29) is 17.8 Å². The third kappa shape index (κ3) is 5.14. The molecule has 2 fully saturated rings. The quantitative estimate of drug-likeness (QED) is 0.467. The summed E-state index contributed by atoms with van der Waals surface area (Å²) < 4.78 is 19.4. The number of carbonyl (C=O) groups excluding carboxylic acids is 2. The van der Waals surface area contributed by atoms with Gasteiger partial charge in [0.1, 0.15) is 22.9 Å². The van der Waals surface area contributed by atoms with Crippen LogP contribution in [0.2, 0.25) is 0 Å². The smallest absolute Gasteiger partial charge is 0.350 e. The van der Waals surface area contributed by atoms with Gasteiger partial charge >= 0.3 is 12.0 Å². The van der Waals surface area contributed by atoms with E-state index in [0.717, 1.165) is 37.3 Å². The van der Waals surface area contributed by atoms with Crippen LogP contribution in [0.15, 0.2) is 53.5 Å². The number of urea groups is 1. The van der Waals surface area contributed by atoms with E-state index in [1.807, 2.05) is 18.2 Å². The average molecular weight is 493 g/mol. The highest BCUT2D eigenvalue weighted by Crippen LogP contribution is 2.39. The van der Waals surface area contributed by atoms with Crippen LogP contribution in [0.3, 0.4) is 0 Å². The third-order valence-electron chi connectivity index (χ3n) is 7.53. The van der Waals surface area contributed by atoms with Gasteiger partial charge in [-0.3, -0.25) is 14.6 Å². The first-order chi connectivity index (χ1) is 17.4. The Morgan fingerprint density at radius 3 is 2.58 bits per heavy atom. The minimum atomic E-state index is -0.613. The number of amidine groups is 1. The highest BCUT2D eigenvalue weighted by Gasteiger charge is 2.52. The number of aliphatic imine (C=N–C) groups is 1. The molecule has 2 aromatic rings. The highest BCUT2D eigenvalue weighted by molar-refractivity contribution is 6.16. The molecule has 2 amide bonds. The topological polar surface area (TPSA) is 74.2 Å². The van der Waals surface area contributed by atoms with Crippen molar-refractivity contribution < 1.29 is 18.7 Å². The maximum absolute atomic E-state index is 14.2. The summed E-state index contributed by atoms with van der Waals surface area (Å²) >= 11 is 0. The Balaban J connectivity index is 1.36. The Bertz CT molecular complexity index is 1150. The highest BCUT2D eigenvalue weighted by atomic mass is 19.1. The second-order valence-electron chi connectivity index (χ2n) is 10.1. The van der Waals surface area contributed by atoms with Crippen LogP contribution in [0.5, 0.6) is 5.75 Å². The number of esters is 1. The van der Waals surface area contributed by atoms with Crippen LogP contribution in [0, 0.1) is 5.82 Å². The van der Waals surface area contributed by atoms with E-state index in [0.29, 0.717) is 36.9 Å². The van der Waals surface area contributed by atoms with Gasteiger partial charge in [0.15, 0.2) is 0 Å². The van der Waals surface area contributed by atoms with Gasteiger partial charge in [-0.05, 0) is 61.6 Å². The van der Waals surface area contributed by atoms with Crippen molar-refractivity contribution in [1.29, 1.82) is 0 Å². The zero-order chi connectivity index (χ0) is 25.1. The Morgan fingerprint density at radius 2 is 1.86 bits per heavy atom. The molecule has 3 aliphatic rings. The van der Waals surface area contributed by atoms with Gasteiger partial charge < -0.3 is 10.1 Å². The fraction of sp³-hybridized carbons (Fsp3) is 0.464. The predicted octanol–water partition coefficient (Wildman–Crippen LogP) is 5.05. The fourth-order valence-electron chi connectivity index (χ4n) is 5.79. The van der Waals surface area contributed by atoms with Crippen LogP contribution in [0.1, 0.15) is 57.4 Å². The molecule has 8 heteroatoms. The number of anilines is 1. The Morgan fingerprint density at radius 1 is 1.11 bits per heavy atom. The maximum Gasteiger partial charge on any atom is 0.350 e. The number of likely N-dealkylation sites (tertiary alicyclic amines) is 1. The first-order valence-corrected chi connectivity index (χ1v) is 12.9. The molecule has 2 aliphatic heterocycles. The molecular formula is C28H33FN4O3. The van der Waals surface area contributed by atoms with Crippen molar-refractivity contribution in [3.8, 4) is 5.75 Å². The predicted molar refractivity (Wildman–Crippen MR) is 137 cm³/mol. The van der Waals surface area contributed by atoms with E-state index in [2.05, 4.69) is 15.2 Å². The summed E-state index contributed by atoms with van der Waals surface area (Å²) in [5, 5.41) is 3.64. The van der Waals surface area contributed by atoms with Crippen LogP contribution in [-0.4, -0.2) is 47.4 Å². The molecule has 0 aromatic heterocycles. The Hall–Kier alpha value is -3.26. The monoisotopic (exact) mass is 492 g/mol. The van der Waals surface area contributed by atoms with Crippen molar-refractivity contribution in [2.75, 3.05) is 18.0 Å². The number of nitrogens with one attached hydrogen (secondary N) is 1. The fourth-order valence-corrected chi connectivity index (χ4v) is 5.79. The lowest BCUT2D eigenvalue weighted by Gasteiger charge is -2.45. The number of halogens is 1. The number of hydrogen-bond acceptors (Lipinski definition) is 5. The summed E-state index contributed by atoms with van der Waals surface area (Å²) in [4.78, 5) is 33.1. The zero-order valence-corrected chi connectivity index (χ0v) is 20.7. The molecule has 0 unspecified atom stereocenters. The molecule has 1 N–H and O–H groups in total. The van der Waals surface area contributed by atoms with Crippen molar-refractivity contribution in [2.24, 2.45) is 4.99 Å². The molecule has 2 heterocycles. The van der Waals surface area contributed by atoms with E-state index in [1.165, 1.54) is 38.3 Å². The lowest BCUT2D eigenvalue weighted by atomic mass is 9.83. The summed E-state index contributed by atoms with van der Waals surface area (Å²) in [6.45, 7) is 3.61. The number of carbonyl (C=O) groups is 2. The van der Waals surface area contributed by atoms with Crippen LogP contribution in [-0.2, 0) is 11.3 Å². The first-order valence-electron chi connectivity index (χ1n) is 12.9. The summed E-state index contributed by atoms with van der Waals surface area (Å²) in [7, 11) is 0. The summed E-state index contributed by atoms with van der Waals surface area (Å²) in [6.07, 6.45) is 7.15. The molecule has 2 aromatic carbocycles. The Kier molecular flexibility index (Phi) is 7.05. The summed E-state index contributed by atoms with van der Waals surface area (Å²) in [5.74, 6) is 0.570. The molecule has 1 aliphatic carbocycles. The second kappa shape index (κ2) is 10.4. The van der Waals surface area contributed by atoms with Crippen LogP contribution < -0.4 is 15.0 Å². The first kappa shape index (κ1) is 24.4. The minimum absolute atomic E-state index is 0.316. The molecule has 7 nitrogen and oxygen atoms in total. The lowest BCUT2D eigenvalue weighted by molar-refractivity contribution is -0.131. The largest absolute Gasteiger partial charge is 0.427 e. The molecule has 1 saturated carbocycles. The Labute approximate surface area is 211 Å². The van der Waals surface area contributed by atoms with Crippen molar-refractivity contribution in [1.82, 2.24) is 10.2 Å². The van der Waals surface area contributed by atoms with Gasteiger partial charge in [-0.1, -0.05) is 37.5 Å². The van der Waals surface area contributed by atoms with E-state index in [1.54, 1.807) is 23.1 Å². The van der Waals surface area contributed by atoms with E-state index in [4.69, 9.17) is 4.74 Å². The van der Waals surface area contributed by atoms with Gasteiger partial charge in [0.25, 0.3) is 0 Å². The second-order valence-corrected chi connectivity index (χ2v) is 10.1. The summed E-state index contributed by atoms with van der Waals surface area (Å²) in [5.41, 5.74) is 0.994. The van der Waals surface area contributed by atoms with E-state index >= 15 is 0 Å². The van der Waals surface area contributed by atoms with Gasteiger partial charge in [-0.2, -0.15) is 4.99 Å². The number of nitrogens with zero attached hydrogens (tertiary/aromatic N) is 3. The van der Waals surface area contributed by atoms with Gasteiger partial charge in [0.05, 0.1) is 0 Å². The SMILES string of the molecule is CC(=O)Oc1cccc(CN2CCC3(CC2)C(NC2CCCCC2)=NC(=O)N3c2cccc(F)c2)c1. The number of benzene rings is 2. The van der Waals surface area contributed by atoms with E-state index in [9.17, 15) is 14.0 Å². The van der Waals surface area contributed by atoms with Gasteiger partial charge in [-0.15, -0.1) is 0 Å². The zero-order valence-electron chi connectivity index (χ0n) is 20.7. The number of piperidine rings is 1. The molecular weight excluding hydrogens is 459 g/mol. The number of amides is 2. The van der Waals surface area contributed by atoms with Crippen LogP contribution in [0.4, 0.5) is 14.9 Å². The van der Waals surface area contributed by atoms with Gasteiger partial charge in [0, 0.05) is 38.3 Å². The maximum atomic E-state index is 14.2. The van der Waals surface area contributed by atoms with Crippen molar-refractivity contribution in [2.45, 2.75) is 70.0 Å². The average Bonchev–Trinajstić information content (AvgIpc) is 3.11. The lowest BCUT2D eigenvalue weighted by Crippen LogP contribution is -2.62. The molecule has 190 valence electrons. The van der Waals surface area contributed by atoms with Gasteiger partial charge in [0.2, 0.25) is 0 Å². The molecule has 1 spiro atoms. The van der Waals surface area contributed by atoms with Gasteiger partial charge in [-0.25, -0.2) is 9.18 Å². The van der Waals surface area contributed by atoms with Crippen molar-refractivity contribution >= 4 is 23.5 Å². The number of hydrogen-bond donors (Lipinski definition) is 1. The molecule has 0 radical (unpaired) electrons. The van der Waals surface area contributed by atoms with E-state index < -0.39 is 5.54 Å². The molecule has 36 heavy (non-hydrogen) atoms. The molecule has 0 atom stereocenters. The number of rotatable bonds is 5. The van der Waals surface area contributed by atoms with Crippen molar-refractivity contribution in [3.63, 3.8) is 0 Å². The van der Waals surface area contributed by atoms with Crippen LogP contribution >= 0.6 is 0 Å². The van der Waals surface area contributed by atoms with Crippen molar-refractivity contribution in [3.05, 3.63) is 59.9 Å². The minimum Gasteiger partial charge on any atom is -0.427 e. The molecule has 5 rings (SSSR count). The molecule has 0 bridgehead atoms. The standard InChI is InChI=1S/C28H33FN4O3/c1-20(34)36-25-12-5-7-21(17-25)19-32-15-13-28(14-16-32)26(30-23-9-3-2-4-10-23)31-27(35)33(28)24-11-6-8-22(29)18-24/h5-8,11-12,17-18,23H,2-4,9-10,13-16,19H2,1H3,(H,30,31,35).